The van der Waals surface area contributed by atoms with Gasteiger partial charge in [-0.1, -0.05) is 67.9 Å². The standard InChI is InChI=1S/C30H34ClN6P/c1-30(2)26-15-8-9-16-27(26)35(4)29(30)28-22-32-37(25-13-6-5-7-14-25)38(28,36-19-17-34(3)18-20-36)33-24-12-10-11-23(31)21-24/h5-16,21-22H,17-20H2,1-4H3/b29-28+. The number of hydrogen-bond acceptors (Lipinski definition) is 4. The SMILES string of the molecule is CN1CCN(P2(=Nc3cccc(Cl)c3)/C(=C3/N(C)c4ccccc4C3(C)C)C=NN2c2ccccc2)CC1. The molecule has 0 N–H and O–H groups in total. The summed E-state index contributed by atoms with van der Waals surface area (Å²) in [6.07, 6.45) is 2.09. The van der Waals surface area contributed by atoms with Gasteiger partial charge in [-0.05, 0) is 49.0 Å². The van der Waals surface area contributed by atoms with Gasteiger partial charge in [-0.15, -0.1) is 0 Å². The molecule has 3 aliphatic rings. The predicted molar refractivity (Wildman–Crippen MR) is 162 cm³/mol. The summed E-state index contributed by atoms with van der Waals surface area (Å²) in [6.45, 7) is 8.45. The van der Waals surface area contributed by atoms with E-state index < -0.39 is 7.36 Å². The lowest BCUT2D eigenvalue weighted by Crippen LogP contribution is -2.44. The highest BCUT2D eigenvalue weighted by atomic mass is 35.5. The van der Waals surface area contributed by atoms with Gasteiger partial charge in [0.25, 0.3) is 0 Å². The second-order valence-corrected chi connectivity index (χ2v) is 13.9. The Bertz CT molecular complexity index is 1470. The molecule has 38 heavy (non-hydrogen) atoms. The fourth-order valence-electron chi connectivity index (χ4n) is 6.01. The van der Waals surface area contributed by atoms with Gasteiger partial charge >= 0.3 is 0 Å². The molecule has 1 saturated heterocycles. The van der Waals surface area contributed by atoms with Crippen LogP contribution in [0.15, 0.2) is 99.7 Å². The number of fused-ring (bicyclic) bond motifs is 1. The van der Waals surface area contributed by atoms with Crippen LogP contribution in [0.1, 0.15) is 19.4 Å². The number of hydrazone groups is 1. The summed E-state index contributed by atoms with van der Waals surface area (Å²) in [5, 5.41) is 7.04. The summed E-state index contributed by atoms with van der Waals surface area (Å²) in [5.41, 5.74) is 5.56. The number of nitrogens with zero attached hydrogens (tertiary/aromatic N) is 6. The van der Waals surface area contributed by atoms with E-state index in [-0.39, 0.29) is 5.41 Å². The molecule has 8 heteroatoms. The monoisotopic (exact) mass is 544 g/mol. The van der Waals surface area contributed by atoms with Crippen LogP contribution in [0.3, 0.4) is 0 Å². The average molecular weight is 545 g/mol. The Labute approximate surface area is 231 Å². The first-order chi connectivity index (χ1) is 18.3. The van der Waals surface area contributed by atoms with Crippen LogP contribution in [0.25, 0.3) is 0 Å². The van der Waals surface area contributed by atoms with Crippen molar-refractivity contribution in [3.05, 3.63) is 100 Å². The summed E-state index contributed by atoms with van der Waals surface area (Å²) in [4.78, 5) is 4.76. The molecule has 0 bridgehead atoms. The molecular weight excluding hydrogens is 511 g/mol. The molecular formula is C30H34ClN6P. The third-order valence-corrected chi connectivity index (χ3v) is 11.7. The first-order valence-electron chi connectivity index (χ1n) is 13.1. The normalized spacial score (nSPS) is 25.2. The topological polar surface area (TPSA) is 37.7 Å². The number of anilines is 2. The average Bonchev–Trinajstić information content (AvgIpc) is 3.37. The number of hydrogen-bond donors (Lipinski definition) is 0. The van der Waals surface area contributed by atoms with Gasteiger partial charge in [0.1, 0.15) is 0 Å². The van der Waals surface area contributed by atoms with Gasteiger partial charge in [-0.25, -0.2) is 14.2 Å². The lowest BCUT2D eigenvalue weighted by molar-refractivity contribution is 0.227. The van der Waals surface area contributed by atoms with Crippen molar-refractivity contribution in [2.24, 2.45) is 9.85 Å². The van der Waals surface area contributed by atoms with Crippen LogP contribution < -0.4 is 9.68 Å². The molecule has 6 rings (SSSR count). The van der Waals surface area contributed by atoms with Crippen LogP contribution in [0, 0.1) is 0 Å². The lowest BCUT2D eigenvalue weighted by atomic mass is 9.84. The van der Waals surface area contributed by atoms with E-state index in [4.69, 9.17) is 21.4 Å². The molecule has 0 radical (unpaired) electrons. The van der Waals surface area contributed by atoms with E-state index in [9.17, 15) is 0 Å². The molecule has 0 saturated carbocycles. The van der Waals surface area contributed by atoms with Gasteiger partial charge in [0.05, 0.1) is 22.9 Å². The van der Waals surface area contributed by atoms with Crippen molar-refractivity contribution in [3.63, 3.8) is 0 Å². The smallest absolute Gasteiger partial charge is 0.179 e. The first-order valence-corrected chi connectivity index (χ1v) is 15.1. The number of allylic oxidation sites excluding steroid dienone is 2. The number of halogens is 1. The van der Waals surface area contributed by atoms with Crippen molar-refractivity contribution < 1.29 is 0 Å². The zero-order chi connectivity index (χ0) is 26.5. The molecule has 196 valence electrons. The minimum atomic E-state index is -2.61. The molecule has 0 spiro atoms. The zero-order valence-corrected chi connectivity index (χ0v) is 24.1. The van der Waals surface area contributed by atoms with Crippen molar-refractivity contribution in [2.45, 2.75) is 19.3 Å². The Kier molecular flexibility index (Phi) is 6.48. The van der Waals surface area contributed by atoms with Gasteiger partial charge in [-0.3, -0.25) is 0 Å². The molecule has 0 aromatic heterocycles. The van der Waals surface area contributed by atoms with E-state index >= 15 is 0 Å². The number of rotatable bonds is 3. The van der Waals surface area contributed by atoms with E-state index in [0.29, 0.717) is 5.02 Å². The van der Waals surface area contributed by atoms with Crippen LogP contribution in [-0.2, 0) is 5.41 Å². The van der Waals surface area contributed by atoms with E-state index in [1.165, 1.54) is 22.3 Å². The van der Waals surface area contributed by atoms with Crippen LogP contribution in [-0.4, -0.2) is 56.1 Å². The van der Waals surface area contributed by atoms with Gasteiger partial charge in [0.15, 0.2) is 7.36 Å². The summed E-state index contributed by atoms with van der Waals surface area (Å²) in [6, 6.07) is 27.2. The largest absolute Gasteiger partial charge is 0.346 e. The van der Waals surface area contributed by atoms with Crippen LogP contribution in [0.2, 0.25) is 5.02 Å². The number of benzene rings is 3. The van der Waals surface area contributed by atoms with Crippen molar-refractivity contribution in [2.75, 3.05) is 50.0 Å². The van der Waals surface area contributed by atoms with Crippen LogP contribution in [0.5, 0.6) is 0 Å². The Balaban J connectivity index is 1.68. The summed E-state index contributed by atoms with van der Waals surface area (Å²) in [5.74, 6) is 0. The van der Waals surface area contributed by atoms with Gasteiger partial charge in [-0.2, -0.15) is 5.10 Å². The maximum Gasteiger partial charge on any atom is 0.179 e. The number of piperazine rings is 1. The maximum absolute atomic E-state index is 6.49. The molecule has 1 atom stereocenters. The van der Waals surface area contributed by atoms with Crippen molar-refractivity contribution in [1.82, 2.24) is 9.57 Å². The Morgan fingerprint density at radius 3 is 2.29 bits per heavy atom. The Morgan fingerprint density at radius 1 is 0.868 bits per heavy atom. The Hall–Kier alpha value is -2.89. The first kappa shape index (κ1) is 25.4. The minimum absolute atomic E-state index is 0.207. The fraction of sp³-hybridized carbons (Fsp3) is 0.300. The molecule has 3 aliphatic heterocycles. The zero-order valence-electron chi connectivity index (χ0n) is 22.4. The van der Waals surface area contributed by atoms with E-state index in [1.807, 2.05) is 18.2 Å². The fourth-order valence-corrected chi connectivity index (χ4v) is 10.0. The summed E-state index contributed by atoms with van der Waals surface area (Å²) in [7, 11) is 1.78. The van der Waals surface area contributed by atoms with Crippen LogP contribution >= 0.6 is 19.0 Å². The highest BCUT2D eigenvalue weighted by molar-refractivity contribution is 7.71. The second kappa shape index (κ2) is 9.69. The van der Waals surface area contributed by atoms with Crippen molar-refractivity contribution in [3.8, 4) is 0 Å². The molecule has 1 unspecified atom stereocenters. The highest BCUT2D eigenvalue weighted by Crippen LogP contribution is 2.70. The lowest BCUT2D eigenvalue weighted by Gasteiger charge is -2.44. The van der Waals surface area contributed by atoms with Gasteiger partial charge < -0.3 is 9.80 Å². The predicted octanol–water partition coefficient (Wildman–Crippen LogP) is 7.40. The van der Waals surface area contributed by atoms with E-state index in [1.54, 1.807) is 0 Å². The number of likely N-dealkylation sites (N-methyl/N-ethyl adjacent to an activating group) is 2. The van der Waals surface area contributed by atoms with Crippen molar-refractivity contribution >= 4 is 42.2 Å². The third kappa shape index (κ3) is 4.02. The summed E-state index contributed by atoms with van der Waals surface area (Å²) < 4.78 is 10.5. The molecule has 6 nitrogen and oxygen atoms in total. The van der Waals surface area contributed by atoms with E-state index in [0.717, 1.165) is 37.6 Å². The molecule has 0 aliphatic carbocycles. The second-order valence-electron chi connectivity index (χ2n) is 10.7. The maximum atomic E-state index is 6.49. The molecule has 3 heterocycles. The quantitative estimate of drug-likeness (QED) is 0.322. The van der Waals surface area contributed by atoms with Gasteiger partial charge in [0, 0.05) is 55.0 Å². The molecule has 3 aromatic carbocycles. The number of para-hydroxylation sites is 2. The highest BCUT2D eigenvalue weighted by Gasteiger charge is 2.50. The Morgan fingerprint density at radius 2 is 1.58 bits per heavy atom. The van der Waals surface area contributed by atoms with Crippen molar-refractivity contribution in [1.29, 1.82) is 0 Å². The molecule has 1 fully saturated rings. The summed E-state index contributed by atoms with van der Waals surface area (Å²) >= 11 is 6.49. The molecule has 0 amide bonds. The van der Waals surface area contributed by atoms with Gasteiger partial charge in [0.2, 0.25) is 0 Å². The van der Waals surface area contributed by atoms with E-state index in [2.05, 4.69) is 114 Å². The minimum Gasteiger partial charge on any atom is -0.346 e. The van der Waals surface area contributed by atoms with Crippen LogP contribution in [0.4, 0.5) is 17.1 Å². The third-order valence-electron chi connectivity index (χ3n) is 7.91. The molecule has 3 aromatic rings.